The average molecular weight is 263 g/mol. The van der Waals surface area contributed by atoms with Gasteiger partial charge in [-0.15, -0.1) is 10.2 Å². The number of anilines is 1. The summed E-state index contributed by atoms with van der Waals surface area (Å²) >= 11 is 1.98. The molecule has 0 aromatic carbocycles. The van der Waals surface area contributed by atoms with Gasteiger partial charge < -0.3 is 5.73 Å². The first-order valence-electron chi connectivity index (χ1n) is 2.69. The number of nitrogens with zero attached hydrogens (tertiary/aromatic N) is 4. The number of hydrogen-bond donors (Lipinski definition) is 1. The summed E-state index contributed by atoms with van der Waals surface area (Å²) in [6.07, 6.45) is 0. The van der Waals surface area contributed by atoms with Gasteiger partial charge in [-0.3, -0.25) is 0 Å². The van der Waals surface area contributed by atoms with Gasteiger partial charge in [0.15, 0.2) is 20.6 Å². The minimum atomic E-state index is 0.238. The standard InChI is InChI=1S/C4H2IN5O/c5-3-1-2(10-11-9-1)4(6)8-7-3/h(H2,6,8). The molecule has 0 unspecified atom stereocenters. The Bertz CT molecular complexity index is 362. The van der Waals surface area contributed by atoms with Crippen LogP contribution in [-0.4, -0.2) is 20.5 Å². The van der Waals surface area contributed by atoms with Gasteiger partial charge in [-0.25, -0.2) is 4.63 Å². The second-order valence-electron chi connectivity index (χ2n) is 1.84. The highest BCUT2D eigenvalue weighted by atomic mass is 127. The van der Waals surface area contributed by atoms with Gasteiger partial charge in [0, 0.05) is 0 Å². The fourth-order valence-corrected chi connectivity index (χ4v) is 1.15. The Morgan fingerprint density at radius 1 is 1.18 bits per heavy atom. The molecule has 0 amide bonds. The molecule has 0 bridgehead atoms. The van der Waals surface area contributed by atoms with Crippen LogP contribution in [0.5, 0.6) is 0 Å². The summed E-state index contributed by atoms with van der Waals surface area (Å²) in [4.78, 5) is 0. The number of fused-ring (bicyclic) bond motifs is 1. The van der Waals surface area contributed by atoms with Crippen LogP contribution in [0.2, 0.25) is 0 Å². The van der Waals surface area contributed by atoms with E-state index in [1.54, 1.807) is 0 Å². The highest BCUT2D eigenvalue weighted by Gasteiger charge is 2.09. The van der Waals surface area contributed by atoms with Crippen LogP contribution in [0.4, 0.5) is 5.82 Å². The van der Waals surface area contributed by atoms with E-state index in [4.69, 9.17) is 5.73 Å². The van der Waals surface area contributed by atoms with Crippen molar-refractivity contribution in [2.24, 2.45) is 0 Å². The van der Waals surface area contributed by atoms with E-state index in [0.29, 0.717) is 14.7 Å². The maximum Gasteiger partial charge on any atom is 0.181 e. The lowest BCUT2D eigenvalue weighted by atomic mass is 10.4. The largest absolute Gasteiger partial charge is 0.380 e. The molecule has 0 atom stereocenters. The van der Waals surface area contributed by atoms with E-state index < -0.39 is 0 Å². The van der Waals surface area contributed by atoms with Gasteiger partial charge in [-0.1, -0.05) is 0 Å². The summed E-state index contributed by atoms with van der Waals surface area (Å²) in [6.45, 7) is 0. The number of aromatic nitrogens is 4. The number of rotatable bonds is 0. The van der Waals surface area contributed by atoms with Gasteiger partial charge in [0.25, 0.3) is 0 Å². The van der Waals surface area contributed by atoms with Crippen LogP contribution in [0.1, 0.15) is 0 Å². The quantitative estimate of drug-likeness (QED) is 0.682. The average Bonchev–Trinajstić information content (AvgIpc) is 2.45. The summed E-state index contributed by atoms with van der Waals surface area (Å²) in [7, 11) is 0. The molecule has 2 rings (SSSR count). The fourth-order valence-electron chi connectivity index (χ4n) is 0.684. The Morgan fingerprint density at radius 2 is 1.91 bits per heavy atom. The monoisotopic (exact) mass is 263 g/mol. The van der Waals surface area contributed by atoms with Gasteiger partial charge in [-0.2, -0.15) is 0 Å². The van der Waals surface area contributed by atoms with Crippen LogP contribution in [0.25, 0.3) is 11.0 Å². The molecule has 2 heterocycles. The van der Waals surface area contributed by atoms with E-state index >= 15 is 0 Å². The van der Waals surface area contributed by atoms with Crippen molar-refractivity contribution in [1.82, 2.24) is 20.5 Å². The molecule has 2 aromatic heterocycles. The van der Waals surface area contributed by atoms with Crippen molar-refractivity contribution in [3.8, 4) is 0 Å². The molecule has 0 aliphatic rings. The SMILES string of the molecule is Nc1nnc(I)c2nonc12. The predicted molar refractivity (Wildman–Crippen MR) is 44.5 cm³/mol. The molecular formula is C4H2IN5O. The molecule has 6 nitrogen and oxygen atoms in total. The summed E-state index contributed by atoms with van der Waals surface area (Å²) in [5.74, 6) is 0.238. The third-order valence-corrected chi connectivity index (χ3v) is 1.90. The van der Waals surface area contributed by atoms with Crippen LogP contribution >= 0.6 is 22.6 Å². The lowest BCUT2D eigenvalue weighted by Gasteiger charge is -1.89. The van der Waals surface area contributed by atoms with Crippen molar-refractivity contribution >= 4 is 39.4 Å². The Kier molecular flexibility index (Phi) is 1.37. The normalized spacial score (nSPS) is 10.6. The van der Waals surface area contributed by atoms with E-state index in [0.717, 1.165) is 0 Å². The molecule has 0 fully saturated rings. The zero-order valence-electron chi connectivity index (χ0n) is 5.15. The molecular weight excluding hydrogens is 261 g/mol. The Labute approximate surface area is 74.3 Å². The fraction of sp³-hybridized carbons (Fsp3) is 0. The molecule has 0 saturated carbocycles. The van der Waals surface area contributed by atoms with Gasteiger partial charge in [0.05, 0.1) is 0 Å². The number of nitrogens with two attached hydrogens (primary N) is 1. The zero-order chi connectivity index (χ0) is 7.84. The van der Waals surface area contributed by atoms with Gasteiger partial charge in [0.2, 0.25) is 0 Å². The van der Waals surface area contributed by atoms with Crippen LogP contribution < -0.4 is 5.73 Å². The second-order valence-corrected chi connectivity index (χ2v) is 2.86. The molecule has 0 aliphatic carbocycles. The lowest BCUT2D eigenvalue weighted by Crippen LogP contribution is -1.96. The molecule has 11 heavy (non-hydrogen) atoms. The summed E-state index contributed by atoms with van der Waals surface area (Å²) in [6, 6.07) is 0. The maximum absolute atomic E-state index is 5.43. The number of halogens is 1. The molecule has 0 saturated heterocycles. The van der Waals surface area contributed by atoms with Gasteiger partial charge in [0.1, 0.15) is 0 Å². The molecule has 0 spiro atoms. The summed E-state index contributed by atoms with van der Waals surface area (Å²) < 4.78 is 5.09. The first-order valence-corrected chi connectivity index (χ1v) is 3.77. The third-order valence-electron chi connectivity index (χ3n) is 1.17. The Morgan fingerprint density at radius 3 is 2.64 bits per heavy atom. The van der Waals surface area contributed by atoms with E-state index in [1.807, 2.05) is 22.6 Å². The molecule has 56 valence electrons. The van der Waals surface area contributed by atoms with Crippen LogP contribution in [0.3, 0.4) is 0 Å². The zero-order valence-corrected chi connectivity index (χ0v) is 7.31. The van der Waals surface area contributed by atoms with Crippen molar-refractivity contribution in [3.05, 3.63) is 3.70 Å². The molecule has 2 N–H and O–H groups in total. The van der Waals surface area contributed by atoms with Crippen LogP contribution in [0.15, 0.2) is 4.63 Å². The second kappa shape index (κ2) is 2.26. The molecule has 7 heteroatoms. The third kappa shape index (κ3) is 0.914. The van der Waals surface area contributed by atoms with E-state index in [-0.39, 0.29) is 5.82 Å². The van der Waals surface area contributed by atoms with E-state index in [1.165, 1.54) is 0 Å². The molecule has 2 aromatic rings. The van der Waals surface area contributed by atoms with Crippen molar-refractivity contribution < 1.29 is 4.63 Å². The van der Waals surface area contributed by atoms with Gasteiger partial charge in [-0.05, 0) is 32.9 Å². The van der Waals surface area contributed by atoms with E-state index in [9.17, 15) is 0 Å². The highest BCUT2D eigenvalue weighted by Crippen LogP contribution is 2.17. The first kappa shape index (κ1) is 6.70. The summed E-state index contributed by atoms with van der Waals surface area (Å²) in [5.41, 5.74) is 6.45. The minimum absolute atomic E-state index is 0.238. The van der Waals surface area contributed by atoms with Crippen molar-refractivity contribution in [1.29, 1.82) is 0 Å². The minimum Gasteiger partial charge on any atom is -0.380 e. The maximum atomic E-state index is 5.43. The smallest absolute Gasteiger partial charge is 0.181 e. The molecule has 0 aliphatic heterocycles. The summed E-state index contributed by atoms with van der Waals surface area (Å²) in [5, 5.41) is 14.5. The first-order chi connectivity index (χ1) is 5.29. The van der Waals surface area contributed by atoms with Crippen molar-refractivity contribution in [3.63, 3.8) is 0 Å². The van der Waals surface area contributed by atoms with Crippen LogP contribution in [-0.2, 0) is 0 Å². The predicted octanol–water partition coefficient (Wildman–Crippen LogP) is 0.200. The highest BCUT2D eigenvalue weighted by molar-refractivity contribution is 14.1. The van der Waals surface area contributed by atoms with E-state index in [2.05, 4.69) is 25.1 Å². The van der Waals surface area contributed by atoms with Gasteiger partial charge >= 0.3 is 0 Å². The molecule has 0 radical (unpaired) electrons. The van der Waals surface area contributed by atoms with Crippen molar-refractivity contribution in [2.75, 3.05) is 5.73 Å². The number of hydrogen-bond acceptors (Lipinski definition) is 6. The Balaban J connectivity index is 2.96. The number of nitrogen functional groups attached to an aromatic ring is 1. The van der Waals surface area contributed by atoms with Crippen molar-refractivity contribution in [2.45, 2.75) is 0 Å². The Hall–Kier alpha value is -0.990. The lowest BCUT2D eigenvalue weighted by molar-refractivity contribution is 0.315. The topological polar surface area (TPSA) is 90.7 Å². The van der Waals surface area contributed by atoms with Crippen LogP contribution in [0, 0.1) is 3.70 Å².